The minimum atomic E-state index is -0.230. The first-order chi connectivity index (χ1) is 17.1. The van der Waals surface area contributed by atoms with Crippen LogP contribution in [0.2, 0.25) is 0 Å². The Morgan fingerprint density at radius 2 is 1.83 bits per heavy atom. The molecule has 0 radical (unpaired) electrons. The number of imidazole rings is 1. The topological polar surface area (TPSA) is 50.6 Å². The molecule has 0 saturated carbocycles. The van der Waals surface area contributed by atoms with Gasteiger partial charge in [0.1, 0.15) is 5.82 Å². The van der Waals surface area contributed by atoms with Gasteiger partial charge < -0.3 is 14.2 Å². The van der Waals surface area contributed by atoms with Gasteiger partial charge in [-0.3, -0.25) is 9.69 Å². The lowest BCUT2D eigenvalue weighted by atomic mass is 9.95. The molecule has 2 aliphatic rings. The molecular formula is C28H33FN4O2. The second-order valence-electron chi connectivity index (χ2n) is 9.60. The third-order valence-electron chi connectivity index (χ3n) is 7.40. The van der Waals surface area contributed by atoms with Crippen LogP contribution in [0.15, 0.2) is 67.1 Å². The van der Waals surface area contributed by atoms with Gasteiger partial charge in [0.15, 0.2) is 0 Å². The lowest BCUT2D eigenvalue weighted by Gasteiger charge is -2.43. The van der Waals surface area contributed by atoms with Crippen molar-refractivity contribution in [2.45, 2.75) is 38.4 Å². The van der Waals surface area contributed by atoms with Crippen molar-refractivity contribution in [2.75, 3.05) is 32.8 Å². The van der Waals surface area contributed by atoms with Crippen LogP contribution in [0.25, 0.3) is 0 Å². The molecule has 3 aromatic rings. The van der Waals surface area contributed by atoms with Gasteiger partial charge >= 0.3 is 0 Å². The van der Waals surface area contributed by atoms with Crippen LogP contribution in [0.5, 0.6) is 0 Å². The zero-order valence-electron chi connectivity index (χ0n) is 20.2. The Kier molecular flexibility index (Phi) is 7.25. The predicted molar refractivity (Wildman–Crippen MR) is 132 cm³/mol. The molecule has 5 rings (SSSR count). The molecule has 2 fully saturated rings. The number of carbonyl (C=O) groups is 1. The largest absolute Gasteiger partial charge is 0.381 e. The summed E-state index contributed by atoms with van der Waals surface area (Å²) in [6.07, 6.45) is 5.38. The fourth-order valence-corrected chi connectivity index (χ4v) is 5.32. The fraction of sp³-hybridized carbons (Fsp3) is 0.429. The lowest BCUT2D eigenvalue weighted by molar-refractivity contribution is -0.144. The quantitative estimate of drug-likeness (QED) is 0.528. The minimum absolute atomic E-state index is 0.0196. The van der Waals surface area contributed by atoms with Crippen molar-refractivity contribution in [3.63, 3.8) is 0 Å². The van der Waals surface area contributed by atoms with Gasteiger partial charge in [-0.25, -0.2) is 9.37 Å². The van der Waals surface area contributed by atoms with Gasteiger partial charge in [-0.2, -0.15) is 0 Å². The molecule has 0 aliphatic carbocycles. The van der Waals surface area contributed by atoms with E-state index >= 15 is 0 Å². The minimum Gasteiger partial charge on any atom is -0.381 e. The molecule has 2 aromatic carbocycles. The molecule has 0 N–H and O–H groups in total. The van der Waals surface area contributed by atoms with E-state index in [0.29, 0.717) is 19.8 Å². The number of ether oxygens (including phenoxy) is 1. The Labute approximate surface area is 206 Å². The number of piperazine rings is 1. The summed E-state index contributed by atoms with van der Waals surface area (Å²) < 4.78 is 21.0. The van der Waals surface area contributed by atoms with Crippen molar-refractivity contribution in [3.05, 3.63) is 89.8 Å². The van der Waals surface area contributed by atoms with Crippen molar-refractivity contribution >= 4 is 5.91 Å². The van der Waals surface area contributed by atoms with Gasteiger partial charge in [-0.15, -0.1) is 0 Å². The summed E-state index contributed by atoms with van der Waals surface area (Å²) in [5, 5.41) is 0. The third kappa shape index (κ3) is 5.31. The Bertz CT molecular complexity index is 1110. The zero-order valence-corrected chi connectivity index (χ0v) is 20.2. The molecule has 2 saturated heterocycles. The summed E-state index contributed by atoms with van der Waals surface area (Å²) in [7, 11) is 0. The summed E-state index contributed by atoms with van der Waals surface area (Å²) >= 11 is 0. The molecule has 184 valence electrons. The molecule has 3 heterocycles. The van der Waals surface area contributed by atoms with Crippen molar-refractivity contribution in [1.82, 2.24) is 19.4 Å². The molecule has 35 heavy (non-hydrogen) atoms. The Morgan fingerprint density at radius 1 is 1.09 bits per heavy atom. The molecule has 1 amide bonds. The first kappa shape index (κ1) is 23.7. The summed E-state index contributed by atoms with van der Waals surface area (Å²) in [5.74, 6) is 0.0863. The summed E-state index contributed by atoms with van der Waals surface area (Å²) in [4.78, 5) is 22.4. The summed E-state index contributed by atoms with van der Waals surface area (Å²) in [6.45, 7) is 6.48. The smallest absolute Gasteiger partial charge is 0.226 e. The van der Waals surface area contributed by atoms with Crippen molar-refractivity contribution < 1.29 is 13.9 Å². The van der Waals surface area contributed by atoms with Crippen LogP contribution in [-0.4, -0.2) is 58.1 Å². The van der Waals surface area contributed by atoms with Crippen LogP contribution in [0.4, 0.5) is 4.39 Å². The first-order valence-corrected chi connectivity index (χ1v) is 12.5. The average molecular weight is 477 g/mol. The van der Waals surface area contributed by atoms with Gasteiger partial charge in [0.2, 0.25) is 5.91 Å². The molecule has 7 heteroatoms. The molecule has 2 unspecified atom stereocenters. The van der Waals surface area contributed by atoms with Gasteiger partial charge in [0, 0.05) is 51.5 Å². The highest BCUT2D eigenvalue weighted by Gasteiger charge is 2.35. The normalized spacial score (nSPS) is 20.6. The fourth-order valence-electron chi connectivity index (χ4n) is 5.32. The van der Waals surface area contributed by atoms with Crippen LogP contribution in [0.1, 0.15) is 48.7 Å². The average Bonchev–Trinajstić information content (AvgIpc) is 3.37. The maximum Gasteiger partial charge on any atom is 0.226 e. The monoisotopic (exact) mass is 476 g/mol. The van der Waals surface area contributed by atoms with Crippen LogP contribution in [-0.2, 0) is 16.1 Å². The van der Waals surface area contributed by atoms with Gasteiger partial charge in [-0.05, 0) is 43.0 Å². The number of benzene rings is 2. The number of aromatic nitrogens is 2. The highest BCUT2D eigenvalue weighted by Crippen LogP contribution is 2.30. The molecule has 2 atom stereocenters. The number of carbonyl (C=O) groups excluding carboxylic acids is 1. The van der Waals surface area contributed by atoms with Crippen LogP contribution < -0.4 is 0 Å². The van der Waals surface area contributed by atoms with E-state index in [0.717, 1.165) is 43.7 Å². The Hall–Kier alpha value is -3.03. The van der Waals surface area contributed by atoms with Gasteiger partial charge in [-0.1, -0.05) is 42.5 Å². The lowest BCUT2D eigenvalue weighted by Crippen LogP contribution is -2.52. The molecule has 0 spiro atoms. The van der Waals surface area contributed by atoms with Crippen LogP contribution >= 0.6 is 0 Å². The van der Waals surface area contributed by atoms with E-state index in [-0.39, 0.29) is 29.7 Å². The maximum atomic E-state index is 13.5. The summed E-state index contributed by atoms with van der Waals surface area (Å²) in [5.41, 5.74) is 3.32. The zero-order chi connectivity index (χ0) is 24.2. The van der Waals surface area contributed by atoms with Crippen molar-refractivity contribution in [2.24, 2.45) is 5.92 Å². The first-order valence-electron chi connectivity index (χ1n) is 12.5. The van der Waals surface area contributed by atoms with E-state index in [1.165, 1.54) is 17.7 Å². The van der Waals surface area contributed by atoms with E-state index in [4.69, 9.17) is 4.74 Å². The van der Waals surface area contributed by atoms with E-state index in [1.807, 2.05) is 42.9 Å². The van der Waals surface area contributed by atoms with E-state index in [9.17, 15) is 9.18 Å². The number of hydrogen-bond donors (Lipinski definition) is 0. The van der Waals surface area contributed by atoms with Gasteiger partial charge in [0.05, 0.1) is 24.1 Å². The maximum absolute atomic E-state index is 13.5. The van der Waals surface area contributed by atoms with E-state index in [1.54, 1.807) is 0 Å². The van der Waals surface area contributed by atoms with Gasteiger partial charge in [0.25, 0.3) is 0 Å². The van der Waals surface area contributed by atoms with E-state index < -0.39 is 0 Å². The molecule has 1 aromatic heterocycles. The number of halogens is 1. The van der Waals surface area contributed by atoms with Crippen molar-refractivity contribution in [3.8, 4) is 0 Å². The van der Waals surface area contributed by atoms with Crippen molar-refractivity contribution in [1.29, 1.82) is 0 Å². The van der Waals surface area contributed by atoms with Crippen LogP contribution in [0, 0.1) is 11.7 Å². The third-order valence-corrected chi connectivity index (χ3v) is 7.40. The molecule has 6 nitrogen and oxygen atoms in total. The van der Waals surface area contributed by atoms with E-state index in [2.05, 4.69) is 38.4 Å². The molecular weight excluding hydrogens is 443 g/mol. The van der Waals surface area contributed by atoms with Crippen LogP contribution in [0.3, 0.4) is 0 Å². The number of amides is 1. The predicted octanol–water partition coefficient (Wildman–Crippen LogP) is 4.44. The highest BCUT2D eigenvalue weighted by atomic mass is 19.1. The number of nitrogens with zero attached hydrogens (tertiary/aromatic N) is 4. The molecule has 0 bridgehead atoms. The SMILES string of the molecule is CC(c1ccc(F)cc1)n1cncc1CN1CCN(C(=O)C2CCOCC2)C(c2ccccc2)C1. The highest BCUT2D eigenvalue weighted by molar-refractivity contribution is 5.79. The standard InChI is InChI=1S/C28H33FN4O2/c1-21(22-7-9-25(29)10-8-22)33-20-30-17-26(33)18-31-13-14-32(28(34)24-11-15-35-16-12-24)27(19-31)23-5-3-2-4-6-23/h2-10,17,20-21,24,27H,11-16,18-19H2,1H3. The molecule has 2 aliphatic heterocycles. The second-order valence-corrected chi connectivity index (χ2v) is 9.60. The Morgan fingerprint density at radius 3 is 2.57 bits per heavy atom. The Balaban J connectivity index is 1.33. The number of rotatable bonds is 6. The number of hydrogen-bond acceptors (Lipinski definition) is 4. The summed E-state index contributed by atoms with van der Waals surface area (Å²) in [6, 6.07) is 17.1. The second kappa shape index (κ2) is 10.7.